The summed E-state index contributed by atoms with van der Waals surface area (Å²) in [5, 5.41) is 3.67. The van der Waals surface area contributed by atoms with Crippen LogP contribution in [-0.2, 0) is 4.74 Å². The van der Waals surface area contributed by atoms with E-state index in [-0.39, 0.29) is 0 Å². The zero-order valence-corrected chi connectivity index (χ0v) is 12.2. The smallest absolute Gasteiger partial charge is 0.0604 e. The number of rotatable bonds is 8. The van der Waals surface area contributed by atoms with E-state index < -0.39 is 0 Å². The van der Waals surface area contributed by atoms with Gasteiger partial charge in [0.15, 0.2) is 0 Å². The molecular weight excluding hydrogens is 212 g/mol. The van der Waals surface area contributed by atoms with Crippen LogP contribution in [0.4, 0.5) is 0 Å². The summed E-state index contributed by atoms with van der Waals surface area (Å²) in [6.45, 7) is 8.63. The first kappa shape index (κ1) is 14.9. The van der Waals surface area contributed by atoms with Crippen LogP contribution in [0.25, 0.3) is 0 Å². The van der Waals surface area contributed by atoms with Gasteiger partial charge < -0.3 is 15.0 Å². The van der Waals surface area contributed by atoms with Gasteiger partial charge >= 0.3 is 0 Å². The minimum atomic E-state index is 0.514. The van der Waals surface area contributed by atoms with Crippen molar-refractivity contribution < 1.29 is 4.74 Å². The number of hydrogen-bond donors (Lipinski definition) is 1. The third-order valence-electron chi connectivity index (χ3n) is 3.61. The quantitative estimate of drug-likeness (QED) is 0.705. The molecule has 0 aromatic rings. The molecule has 0 bridgehead atoms. The largest absolute Gasteiger partial charge is 0.378 e. The second kappa shape index (κ2) is 7.34. The molecule has 0 spiro atoms. The molecule has 17 heavy (non-hydrogen) atoms. The fourth-order valence-electron chi connectivity index (χ4n) is 2.43. The number of nitrogens with one attached hydrogen (secondary N) is 1. The third-order valence-corrected chi connectivity index (χ3v) is 3.61. The summed E-state index contributed by atoms with van der Waals surface area (Å²) < 4.78 is 5.58. The van der Waals surface area contributed by atoms with Gasteiger partial charge in [-0.1, -0.05) is 13.8 Å². The lowest BCUT2D eigenvalue weighted by Gasteiger charge is -2.37. The van der Waals surface area contributed by atoms with E-state index in [0.717, 1.165) is 19.1 Å². The Morgan fingerprint density at radius 3 is 2.41 bits per heavy atom. The van der Waals surface area contributed by atoms with Gasteiger partial charge in [-0.2, -0.15) is 0 Å². The van der Waals surface area contributed by atoms with E-state index in [9.17, 15) is 0 Å². The first-order valence-electron chi connectivity index (χ1n) is 7.04. The summed E-state index contributed by atoms with van der Waals surface area (Å²) in [4.78, 5) is 2.34. The van der Waals surface area contributed by atoms with Crippen molar-refractivity contribution in [1.29, 1.82) is 0 Å². The molecule has 0 aliphatic heterocycles. The van der Waals surface area contributed by atoms with Gasteiger partial charge in [0, 0.05) is 25.2 Å². The van der Waals surface area contributed by atoms with E-state index >= 15 is 0 Å². The molecule has 1 atom stereocenters. The molecule has 1 aliphatic carbocycles. The Kier molecular flexibility index (Phi) is 6.45. The zero-order chi connectivity index (χ0) is 12.8. The highest BCUT2D eigenvalue weighted by atomic mass is 16.5. The Morgan fingerprint density at radius 2 is 1.94 bits per heavy atom. The van der Waals surface area contributed by atoms with Gasteiger partial charge in [-0.25, -0.2) is 0 Å². The minimum Gasteiger partial charge on any atom is -0.378 e. The van der Waals surface area contributed by atoms with E-state index in [2.05, 4.69) is 45.1 Å². The van der Waals surface area contributed by atoms with Crippen LogP contribution in [-0.4, -0.2) is 50.3 Å². The standard InChI is InChI=1S/C14H30N2O/c1-6-17-14-8-12(9-14)15-10-13(16(4)5)7-11(2)3/h11-15H,6-10H2,1-5H3. The maximum atomic E-state index is 5.58. The molecule has 0 radical (unpaired) electrons. The van der Waals surface area contributed by atoms with E-state index in [0.29, 0.717) is 18.2 Å². The van der Waals surface area contributed by atoms with Gasteiger partial charge in [-0.3, -0.25) is 0 Å². The second-order valence-corrected chi connectivity index (χ2v) is 5.90. The molecule has 0 amide bonds. The highest BCUT2D eigenvalue weighted by Crippen LogP contribution is 2.23. The van der Waals surface area contributed by atoms with Crippen LogP contribution in [0.5, 0.6) is 0 Å². The highest BCUT2D eigenvalue weighted by molar-refractivity contribution is 4.87. The number of ether oxygens (including phenoxy) is 1. The summed E-state index contributed by atoms with van der Waals surface area (Å²) in [5.74, 6) is 0.766. The van der Waals surface area contributed by atoms with Gasteiger partial charge in [0.25, 0.3) is 0 Å². The topological polar surface area (TPSA) is 24.5 Å². The van der Waals surface area contributed by atoms with Gasteiger partial charge in [0.2, 0.25) is 0 Å². The average Bonchev–Trinajstić information content (AvgIpc) is 2.18. The lowest BCUT2D eigenvalue weighted by atomic mass is 9.89. The van der Waals surface area contributed by atoms with Gasteiger partial charge in [0.1, 0.15) is 0 Å². The SMILES string of the molecule is CCOC1CC(NCC(CC(C)C)N(C)C)C1. The third kappa shape index (κ3) is 5.36. The Bertz CT molecular complexity index is 200. The molecule has 1 N–H and O–H groups in total. The van der Waals surface area contributed by atoms with Crippen LogP contribution in [0.2, 0.25) is 0 Å². The Labute approximate surface area is 107 Å². The molecule has 102 valence electrons. The molecule has 1 unspecified atom stereocenters. The maximum Gasteiger partial charge on any atom is 0.0604 e. The van der Waals surface area contributed by atoms with Gasteiger partial charge in [-0.05, 0) is 46.2 Å². The summed E-state index contributed by atoms with van der Waals surface area (Å²) >= 11 is 0. The average molecular weight is 242 g/mol. The van der Waals surface area contributed by atoms with E-state index in [1.807, 2.05) is 0 Å². The molecule has 0 saturated heterocycles. The lowest BCUT2D eigenvalue weighted by Crippen LogP contribution is -2.50. The van der Waals surface area contributed by atoms with Crippen LogP contribution in [0.1, 0.15) is 40.0 Å². The van der Waals surface area contributed by atoms with Crippen molar-refractivity contribution in [2.45, 2.75) is 58.2 Å². The molecule has 0 aromatic carbocycles. The van der Waals surface area contributed by atoms with Crippen LogP contribution in [0, 0.1) is 5.92 Å². The number of likely N-dealkylation sites (N-methyl/N-ethyl adjacent to an activating group) is 1. The predicted molar refractivity (Wildman–Crippen MR) is 73.4 cm³/mol. The molecule has 3 heteroatoms. The van der Waals surface area contributed by atoms with E-state index in [1.165, 1.54) is 19.3 Å². The van der Waals surface area contributed by atoms with Gasteiger partial charge in [0.05, 0.1) is 6.10 Å². The van der Waals surface area contributed by atoms with Crippen molar-refractivity contribution in [3.8, 4) is 0 Å². The Balaban J connectivity index is 2.15. The first-order chi connectivity index (χ1) is 8.02. The van der Waals surface area contributed by atoms with Crippen LogP contribution in [0.3, 0.4) is 0 Å². The summed E-state index contributed by atoms with van der Waals surface area (Å²) in [5.41, 5.74) is 0. The first-order valence-corrected chi connectivity index (χ1v) is 7.04. The Morgan fingerprint density at radius 1 is 1.29 bits per heavy atom. The monoisotopic (exact) mass is 242 g/mol. The minimum absolute atomic E-state index is 0.514. The van der Waals surface area contributed by atoms with Crippen molar-refractivity contribution >= 4 is 0 Å². The van der Waals surface area contributed by atoms with Crippen LogP contribution < -0.4 is 5.32 Å². The van der Waals surface area contributed by atoms with E-state index in [4.69, 9.17) is 4.74 Å². The summed E-state index contributed by atoms with van der Waals surface area (Å²) in [6, 6.07) is 1.34. The van der Waals surface area contributed by atoms with Crippen molar-refractivity contribution in [2.24, 2.45) is 5.92 Å². The maximum absolute atomic E-state index is 5.58. The summed E-state index contributed by atoms with van der Waals surface area (Å²) in [7, 11) is 4.36. The molecule has 1 fully saturated rings. The fraction of sp³-hybridized carbons (Fsp3) is 1.00. The van der Waals surface area contributed by atoms with Crippen molar-refractivity contribution in [3.05, 3.63) is 0 Å². The Hall–Kier alpha value is -0.120. The molecule has 0 heterocycles. The van der Waals surface area contributed by atoms with Gasteiger partial charge in [-0.15, -0.1) is 0 Å². The molecule has 0 aromatic heterocycles. The number of nitrogens with zero attached hydrogens (tertiary/aromatic N) is 1. The van der Waals surface area contributed by atoms with Crippen molar-refractivity contribution in [2.75, 3.05) is 27.2 Å². The van der Waals surface area contributed by atoms with Crippen LogP contribution >= 0.6 is 0 Å². The van der Waals surface area contributed by atoms with Crippen molar-refractivity contribution in [1.82, 2.24) is 10.2 Å². The predicted octanol–water partition coefficient (Wildman–Crippen LogP) is 2.12. The molecule has 1 saturated carbocycles. The molecule has 1 aliphatic rings. The lowest BCUT2D eigenvalue weighted by molar-refractivity contribution is -0.0111. The fourth-order valence-corrected chi connectivity index (χ4v) is 2.43. The number of hydrogen-bond acceptors (Lipinski definition) is 3. The van der Waals surface area contributed by atoms with Crippen LogP contribution in [0.15, 0.2) is 0 Å². The van der Waals surface area contributed by atoms with Crippen molar-refractivity contribution in [3.63, 3.8) is 0 Å². The zero-order valence-electron chi connectivity index (χ0n) is 12.2. The molecule has 1 rings (SSSR count). The second-order valence-electron chi connectivity index (χ2n) is 5.90. The van der Waals surface area contributed by atoms with E-state index in [1.54, 1.807) is 0 Å². The normalized spacial score (nSPS) is 26.3. The summed E-state index contributed by atoms with van der Waals surface area (Å²) in [6.07, 6.45) is 4.16. The molecular formula is C14H30N2O. The molecule has 3 nitrogen and oxygen atoms in total. The highest BCUT2D eigenvalue weighted by Gasteiger charge is 2.29.